The molecule has 1 amide bonds. The van der Waals surface area contributed by atoms with Gasteiger partial charge in [0.25, 0.3) is 12.0 Å². The number of rotatable bonds is 3. The number of para-hydroxylation sites is 1. The minimum Gasteiger partial charge on any atom is -0.453 e. The molecule has 23 heavy (non-hydrogen) atoms. The standard InChI is InChI=1S/C16H12N2O5/c19-15-16(20)23-14(10-17(15)12-4-2-1-3-5-12)11-6-8-13(9-7-11)18(21)22/h1-10,16,20H. The van der Waals surface area contributed by atoms with Gasteiger partial charge in [-0.15, -0.1) is 0 Å². The molecule has 0 fully saturated rings. The van der Waals surface area contributed by atoms with Gasteiger partial charge in [0, 0.05) is 23.4 Å². The summed E-state index contributed by atoms with van der Waals surface area (Å²) in [5.74, 6) is -0.363. The first-order chi connectivity index (χ1) is 11.1. The second-order valence-corrected chi connectivity index (χ2v) is 4.81. The molecule has 0 aliphatic carbocycles. The fraction of sp³-hybridized carbons (Fsp3) is 0.0625. The zero-order valence-electron chi connectivity index (χ0n) is 11.8. The monoisotopic (exact) mass is 312 g/mol. The number of carbonyl (C=O) groups excluding carboxylic acids is 1. The number of non-ortho nitro benzene ring substituents is 1. The zero-order valence-corrected chi connectivity index (χ0v) is 11.8. The molecule has 116 valence electrons. The van der Waals surface area contributed by atoms with Gasteiger partial charge in [-0.3, -0.25) is 19.8 Å². The lowest BCUT2D eigenvalue weighted by Gasteiger charge is -2.28. The summed E-state index contributed by atoms with van der Waals surface area (Å²) in [6.45, 7) is 0. The average Bonchev–Trinajstić information content (AvgIpc) is 2.58. The fourth-order valence-electron chi connectivity index (χ4n) is 2.18. The van der Waals surface area contributed by atoms with E-state index in [1.807, 2.05) is 6.07 Å². The smallest absolute Gasteiger partial charge is 0.300 e. The number of nitro benzene ring substituents is 1. The lowest BCUT2D eigenvalue weighted by Crippen LogP contribution is -2.40. The highest BCUT2D eigenvalue weighted by atomic mass is 16.6. The van der Waals surface area contributed by atoms with Crippen molar-refractivity contribution in [1.82, 2.24) is 0 Å². The van der Waals surface area contributed by atoms with E-state index in [0.29, 0.717) is 11.3 Å². The van der Waals surface area contributed by atoms with E-state index in [2.05, 4.69) is 0 Å². The Labute approximate surface area is 131 Å². The van der Waals surface area contributed by atoms with E-state index in [4.69, 9.17) is 4.74 Å². The molecule has 2 aromatic carbocycles. The lowest BCUT2D eigenvalue weighted by atomic mass is 10.1. The Morgan fingerprint density at radius 3 is 2.35 bits per heavy atom. The first-order valence-corrected chi connectivity index (χ1v) is 6.76. The van der Waals surface area contributed by atoms with Gasteiger partial charge in [-0.1, -0.05) is 18.2 Å². The number of carbonyl (C=O) groups is 1. The molecule has 0 saturated carbocycles. The van der Waals surface area contributed by atoms with E-state index in [0.717, 1.165) is 0 Å². The van der Waals surface area contributed by atoms with Crippen LogP contribution in [0.1, 0.15) is 5.56 Å². The van der Waals surface area contributed by atoms with Gasteiger partial charge in [0.05, 0.1) is 11.1 Å². The highest BCUT2D eigenvalue weighted by molar-refractivity contribution is 6.00. The zero-order chi connectivity index (χ0) is 16.4. The molecule has 1 atom stereocenters. The molecule has 0 spiro atoms. The average molecular weight is 312 g/mol. The highest BCUT2D eigenvalue weighted by Gasteiger charge is 2.30. The Kier molecular flexibility index (Phi) is 3.78. The third kappa shape index (κ3) is 2.90. The molecule has 1 aliphatic rings. The molecule has 7 heteroatoms. The Hall–Kier alpha value is -3.19. The van der Waals surface area contributed by atoms with Gasteiger partial charge in [-0.05, 0) is 24.3 Å². The molecule has 0 saturated heterocycles. The fourth-order valence-corrected chi connectivity index (χ4v) is 2.18. The third-order valence-corrected chi connectivity index (χ3v) is 3.33. The molecule has 0 aromatic heterocycles. The summed E-state index contributed by atoms with van der Waals surface area (Å²) in [5, 5.41) is 20.5. The van der Waals surface area contributed by atoms with Crippen LogP contribution in [0, 0.1) is 10.1 Å². The van der Waals surface area contributed by atoms with Gasteiger partial charge in [-0.2, -0.15) is 0 Å². The predicted molar refractivity (Wildman–Crippen MR) is 82.1 cm³/mol. The number of hydrogen-bond acceptors (Lipinski definition) is 5. The highest BCUT2D eigenvalue weighted by Crippen LogP contribution is 2.28. The first-order valence-electron chi connectivity index (χ1n) is 6.76. The number of amides is 1. The van der Waals surface area contributed by atoms with E-state index in [1.165, 1.54) is 35.4 Å². The van der Waals surface area contributed by atoms with Gasteiger partial charge < -0.3 is 9.84 Å². The van der Waals surface area contributed by atoms with Crippen LogP contribution in [-0.2, 0) is 9.53 Å². The summed E-state index contributed by atoms with van der Waals surface area (Å²) < 4.78 is 5.19. The van der Waals surface area contributed by atoms with Crippen LogP contribution in [0.15, 0.2) is 60.8 Å². The van der Waals surface area contributed by atoms with Gasteiger partial charge in [0.15, 0.2) is 0 Å². The topological polar surface area (TPSA) is 92.9 Å². The van der Waals surface area contributed by atoms with Crippen molar-refractivity contribution in [2.45, 2.75) is 6.29 Å². The summed E-state index contributed by atoms with van der Waals surface area (Å²) in [6, 6.07) is 14.4. The number of nitro groups is 1. The first kappa shape index (κ1) is 14.7. The van der Waals surface area contributed by atoms with Crippen molar-refractivity contribution in [2.24, 2.45) is 0 Å². The molecular formula is C16H12N2O5. The number of benzene rings is 2. The largest absolute Gasteiger partial charge is 0.453 e. The summed E-state index contributed by atoms with van der Waals surface area (Å²) in [4.78, 5) is 23.5. The summed E-state index contributed by atoms with van der Waals surface area (Å²) in [6.07, 6.45) is -0.184. The molecule has 1 heterocycles. The normalized spacial score (nSPS) is 17.4. The van der Waals surface area contributed by atoms with Crippen LogP contribution in [-0.4, -0.2) is 22.2 Å². The van der Waals surface area contributed by atoms with Crippen LogP contribution >= 0.6 is 0 Å². The van der Waals surface area contributed by atoms with Crippen LogP contribution < -0.4 is 4.90 Å². The molecule has 1 N–H and O–H groups in total. The van der Waals surface area contributed by atoms with Crippen molar-refractivity contribution in [3.8, 4) is 0 Å². The number of aliphatic hydroxyl groups is 1. The Morgan fingerprint density at radius 2 is 1.74 bits per heavy atom. The van der Waals surface area contributed by atoms with Crippen molar-refractivity contribution in [3.63, 3.8) is 0 Å². The molecule has 3 rings (SSSR count). The molecule has 1 unspecified atom stereocenters. The molecule has 0 radical (unpaired) electrons. The summed E-state index contributed by atoms with van der Waals surface area (Å²) >= 11 is 0. The van der Waals surface area contributed by atoms with E-state index >= 15 is 0 Å². The third-order valence-electron chi connectivity index (χ3n) is 3.33. The minimum absolute atomic E-state index is 0.0540. The maximum Gasteiger partial charge on any atom is 0.300 e. The number of nitrogens with zero attached hydrogens (tertiary/aromatic N) is 2. The van der Waals surface area contributed by atoms with Crippen LogP contribution in [0.25, 0.3) is 5.76 Å². The number of ether oxygens (including phenoxy) is 1. The van der Waals surface area contributed by atoms with Crippen molar-refractivity contribution in [1.29, 1.82) is 0 Å². The van der Waals surface area contributed by atoms with E-state index < -0.39 is 17.1 Å². The van der Waals surface area contributed by atoms with Gasteiger partial charge >= 0.3 is 5.91 Å². The number of aliphatic hydroxyl groups excluding tert-OH is 1. The maximum absolute atomic E-state index is 12.1. The molecule has 7 nitrogen and oxygen atoms in total. The molecule has 0 bridgehead atoms. The van der Waals surface area contributed by atoms with Crippen LogP contribution in [0.3, 0.4) is 0 Å². The van der Waals surface area contributed by atoms with Gasteiger partial charge in [-0.25, -0.2) is 0 Å². The van der Waals surface area contributed by atoms with Crippen LogP contribution in [0.5, 0.6) is 0 Å². The van der Waals surface area contributed by atoms with E-state index in [1.54, 1.807) is 24.3 Å². The maximum atomic E-state index is 12.1. The molecule has 2 aromatic rings. The van der Waals surface area contributed by atoms with Crippen LogP contribution in [0.4, 0.5) is 11.4 Å². The summed E-state index contributed by atoms with van der Waals surface area (Å²) in [7, 11) is 0. The SMILES string of the molecule is O=C1C(O)OC(c2ccc([N+](=O)[O-])cc2)=CN1c1ccccc1. The Bertz CT molecular complexity index is 771. The van der Waals surface area contributed by atoms with Crippen molar-refractivity contribution < 1.29 is 19.6 Å². The minimum atomic E-state index is -1.63. The van der Waals surface area contributed by atoms with Gasteiger partial charge in [0.2, 0.25) is 0 Å². The van der Waals surface area contributed by atoms with Crippen molar-refractivity contribution in [2.75, 3.05) is 4.90 Å². The Balaban J connectivity index is 1.98. The van der Waals surface area contributed by atoms with Gasteiger partial charge in [0.1, 0.15) is 5.76 Å². The van der Waals surface area contributed by atoms with Crippen molar-refractivity contribution >= 4 is 23.0 Å². The van der Waals surface area contributed by atoms with Crippen LogP contribution in [0.2, 0.25) is 0 Å². The summed E-state index contributed by atoms with van der Waals surface area (Å²) in [5.41, 5.74) is 1.05. The second kappa shape index (κ2) is 5.90. The quantitative estimate of drug-likeness (QED) is 0.693. The number of anilines is 1. The molecule has 1 aliphatic heterocycles. The number of hydrogen-bond donors (Lipinski definition) is 1. The lowest BCUT2D eigenvalue weighted by molar-refractivity contribution is -0.384. The molecular weight excluding hydrogens is 300 g/mol. The Morgan fingerprint density at radius 1 is 1.09 bits per heavy atom. The van der Waals surface area contributed by atoms with Crippen molar-refractivity contribution in [3.05, 3.63) is 76.5 Å². The predicted octanol–water partition coefficient (Wildman–Crippen LogP) is 2.28. The van der Waals surface area contributed by atoms with E-state index in [-0.39, 0.29) is 11.4 Å². The van der Waals surface area contributed by atoms with E-state index in [9.17, 15) is 20.0 Å². The second-order valence-electron chi connectivity index (χ2n) is 4.81.